The Kier molecular flexibility index (Phi) is 4.88. The summed E-state index contributed by atoms with van der Waals surface area (Å²) in [5.74, 6) is -1.47. The van der Waals surface area contributed by atoms with Crippen molar-refractivity contribution in [3.8, 4) is 0 Å². The first kappa shape index (κ1) is 14.7. The molecule has 3 nitrogen and oxygen atoms in total. The average molecular weight is 277 g/mol. The lowest BCUT2D eigenvalue weighted by molar-refractivity contribution is -0.114. The van der Waals surface area contributed by atoms with E-state index in [1.165, 1.54) is 42.4 Å². The van der Waals surface area contributed by atoms with Crippen LogP contribution in [0.5, 0.6) is 0 Å². The predicted molar refractivity (Wildman–Crippen MR) is 76.5 cm³/mol. The number of fused-ring (bicyclic) bond motifs is 1. The number of hydrogen-bond acceptors (Lipinski definition) is 2. The number of ketones is 1. The molecule has 0 fully saturated rings. The second-order valence-corrected chi connectivity index (χ2v) is 5.22. The molecule has 1 heterocycles. The molecule has 1 amide bonds. The normalized spacial score (nSPS) is 14.0. The highest BCUT2D eigenvalue weighted by atomic mass is 19.1. The molecule has 0 aliphatic carbocycles. The van der Waals surface area contributed by atoms with E-state index in [2.05, 4.69) is 6.92 Å². The first-order valence-electron chi connectivity index (χ1n) is 7.31. The van der Waals surface area contributed by atoms with Crippen LogP contribution >= 0.6 is 0 Å². The van der Waals surface area contributed by atoms with Crippen molar-refractivity contribution in [3.63, 3.8) is 0 Å². The van der Waals surface area contributed by atoms with E-state index >= 15 is 0 Å². The fourth-order valence-corrected chi connectivity index (χ4v) is 2.54. The zero-order chi connectivity index (χ0) is 14.5. The van der Waals surface area contributed by atoms with E-state index in [0.717, 1.165) is 19.3 Å². The van der Waals surface area contributed by atoms with Gasteiger partial charge in [0.1, 0.15) is 5.82 Å². The molecule has 20 heavy (non-hydrogen) atoms. The van der Waals surface area contributed by atoms with Crippen molar-refractivity contribution < 1.29 is 14.0 Å². The highest BCUT2D eigenvalue weighted by Gasteiger charge is 2.35. The number of amides is 1. The van der Waals surface area contributed by atoms with Crippen LogP contribution in [0.2, 0.25) is 0 Å². The number of carbonyl (C=O) groups is 2. The molecule has 0 unspecified atom stereocenters. The standard InChI is InChI=1S/C16H20FNO2/c1-2-3-4-5-6-7-10-18-14-11-12(17)8-9-13(14)15(19)16(18)20/h8-9,11H,2-7,10H2,1H3. The minimum Gasteiger partial charge on any atom is -0.305 e. The molecule has 0 spiro atoms. The summed E-state index contributed by atoms with van der Waals surface area (Å²) in [6, 6.07) is 3.89. The lowest BCUT2D eigenvalue weighted by Gasteiger charge is -2.16. The summed E-state index contributed by atoms with van der Waals surface area (Å²) in [4.78, 5) is 25.1. The zero-order valence-corrected chi connectivity index (χ0v) is 11.8. The Morgan fingerprint density at radius 3 is 2.50 bits per heavy atom. The van der Waals surface area contributed by atoms with Gasteiger partial charge in [0.15, 0.2) is 0 Å². The molecule has 0 saturated heterocycles. The number of nitrogens with zero attached hydrogens (tertiary/aromatic N) is 1. The van der Waals surface area contributed by atoms with Crippen LogP contribution in [0.25, 0.3) is 0 Å². The maximum Gasteiger partial charge on any atom is 0.299 e. The number of rotatable bonds is 7. The van der Waals surface area contributed by atoms with Gasteiger partial charge in [0.2, 0.25) is 0 Å². The number of halogens is 1. The van der Waals surface area contributed by atoms with Crippen LogP contribution < -0.4 is 4.90 Å². The van der Waals surface area contributed by atoms with E-state index in [1.54, 1.807) is 0 Å². The molecule has 0 saturated carbocycles. The van der Waals surface area contributed by atoms with Crippen LogP contribution in [-0.2, 0) is 4.79 Å². The van der Waals surface area contributed by atoms with Gasteiger partial charge < -0.3 is 4.90 Å². The van der Waals surface area contributed by atoms with E-state index in [-0.39, 0.29) is 0 Å². The molecule has 0 N–H and O–H groups in total. The molecule has 4 heteroatoms. The van der Waals surface area contributed by atoms with Crippen LogP contribution in [0.4, 0.5) is 10.1 Å². The van der Waals surface area contributed by atoms with Crippen LogP contribution in [0.1, 0.15) is 55.8 Å². The summed E-state index contributed by atoms with van der Waals surface area (Å²) in [7, 11) is 0. The number of carbonyl (C=O) groups excluding carboxylic acids is 2. The fraction of sp³-hybridized carbons (Fsp3) is 0.500. The summed E-state index contributed by atoms with van der Waals surface area (Å²) < 4.78 is 13.3. The molecule has 2 rings (SSSR count). The second kappa shape index (κ2) is 6.64. The molecule has 0 radical (unpaired) electrons. The Labute approximate surface area is 118 Å². The molecule has 0 atom stereocenters. The van der Waals surface area contributed by atoms with E-state index in [0.29, 0.717) is 17.8 Å². The monoisotopic (exact) mass is 277 g/mol. The minimum atomic E-state index is -0.529. The maximum absolute atomic E-state index is 13.3. The molecule has 1 aromatic rings. The third-order valence-electron chi connectivity index (χ3n) is 3.67. The number of benzene rings is 1. The summed E-state index contributed by atoms with van der Waals surface area (Å²) in [6.45, 7) is 2.66. The molecule has 1 aliphatic rings. The fourth-order valence-electron chi connectivity index (χ4n) is 2.54. The van der Waals surface area contributed by atoms with Crippen molar-refractivity contribution in [1.82, 2.24) is 0 Å². The van der Waals surface area contributed by atoms with Gasteiger partial charge in [0.05, 0.1) is 11.3 Å². The van der Waals surface area contributed by atoms with E-state index in [4.69, 9.17) is 0 Å². The van der Waals surface area contributed by atoms with Gasteiger partial charge in [-0.15, -0.1) is 0 Å². The predicted octanol–water partition coefficient (Wildman–Crippen LogP) is 3.72. The van der Waals surface area contributed by atoms with Gasteiger partial charge in [-0.3, -0.25) is 9.59 Å². The number of hydrogen-bond donors (Lipinski definition) is 0. The number of Topliss-reactive ketones (excluding diaryl/α,β-unsaturated/α-hetero) is 1. The van der Waals surface area contributed by atoms with Crippen molar-refractivity contribution in [1.29, 1.82) is 0 Å². The summed E-state index contributed by atoms with van der Waals surface area (Å²) >= 11 is 0. The van der Waals surface area contributed by atoms with Gasteiger partial charge in [-0.1, -0.05) is 39.0 Å². The minimum absolute atomic E-state index is 0.322. The molecular formula is C16H20FNO2. The highest BCUT2D eigenvalue weighted by molar-refractivity contribution is 6.52. The van der Waals surface area contributed by atoms with Crippen molar-refractivity contribution in [2.75, 3.05) is 11.4 Å². The van der Waals surface area contributed by atoms with Gasteiger partial charge in [-0.05, 0) is 24.6 Å². The van der Waals surface area contributed by atoms with Gasteiger partial charge in [0, 0.05) is 6.54 Å². The third kappa shape index (κ3) is 3.06. The molecule has 1 aliphatic heterocycles. The molecule has 108 valence electrons. The summed E-state index contributed by atoms with van der Waals surface area (Å²) in [5, 5.41) is 0. The molecular weight excluding hydrogens is 257 g/mol. The van der Waals surface area contributed by atoms with Crippen LogP contribution in [0.3, 0.4) is 0 Å². The third-order valence-corrected chi connectivity index (χ3v) is 3.67. The van der Waals surface area contributed by atoms with Crippen molar-refractivity contribution in [3.05, 3.63) is 29.6 Å². The Balaban J connectivity index is 1.94. The Morgan fingerprint density at radius 2 is 1.75 bits per heavy atom. The van der Waals surface area contributed by atoms with Crippen LogP contribution in [-0.4, -0.2) is 18.2 Å². The quantitative estimate of drug-likeness (QED) is 0.562. The number of anilines is 1. The van der Waals surface area contributed by atoms with E-state index in [1.807, 2.05) is 0 Å². The average Bonchev–Trinajstić information content (AvgIpc) is 2.67. The Bertz CT molecular complexity index is 513. The van der Waals surface area contributed by atoms with Gasteiger partial charge >= 0.3 is 0 Å². The zero-order valence-electron chi connectivity index (χ0n) is 11.8. The van der Waals surface area contributed by atoms with Gasteiger partial charge in [-0.2, -0.15) is 0 Å². The molecule has 0 aromatic heterocycles. The van der Waals surface area contributed by atoms with Gasteiger partial charge in [-0.25, -0.2) is 4.39 Å². The maximum atomic E-state index is 13.3. The Hall–Kier alpha value is -1.71. The van der Waals surface area contributed by atoms with Crippen molar-refractivity contribution >= 4 is 17.4 Å². The van der Waals surface area contributed by atoms with E-state index in [9.17, 15) is 14.0 Å². The van der Waals surface area contributed by atoms with Crippen molar-refractivity contribution in [2.45, 2.75) is 45.4 Å². The Morgan fingerprint density at radius 1 is 1.05 bits per heavy atom. The van der Waals surface area contributed by atoms with E-state index < -0.39 is 17.5 Å². The van der Waals surface area contributed by atoms with Gasteiger partial charge in [0.25, 0.3) is 11.7 Å². The van der Waals surface area contributed by atoms with Crippen molar-refractivity contribution in [2.24, 2.45) is 0 Å². The molecule has 1 aromatic carbocycles. The second-order valence-electron chi connectivity index (χ2n) is 5.22. The van der Waals surface area contributed by atoms with Crippen LogP contribution in [0.15, 0.2) is 18.2 Å². The first-order valence-corrected chi connectivity index (χ1v) is 7.31. The highest BCUT2D eigenvalue weighted by Crippen LogP contribution is 2.29. The molecule has 0 bridgehead atoms. The lowest BCUT2D eigenvalue weighted by atomic mass is 10.1. The summed E-state index contributed by atoms with van der Waals surface area (Å²) in [5.41, 5.74) is 0.746. The SMILES string of the molecule is CCCCCCCCN1C(=O)C(=O)c2ccc(F)cc21. The first-order chi connectivity index (χ1) is 9.65. The van der Waals surface area contributed by atoms with Crippen LogP contribution in [0, 0.1) is 5.82 Å². The smallest absolute Gasteiger partial charge is 0.299 e. The summed E-state index contributed by atoms with van der Waals surface area (Å²) in [6.07, 6.45) is 6.65. The lowest BCUT2D eigenvalue weighted by Crippen LogP contribution is -2.30. The number of unbranched alkanes of at least 4 members (excludes halogenated alkanes) is 5. The topological polar surface area (TPSA) is 37.4 Å². The largest absolute Gasteiger partial charge is 0.305 e.